The molecule has 0 unspecified atom stereocenters. The zero-order valence-electron chi connectivity index (χ0n) is 13.2. The van der Waals surface area contributed by atoms with Gasteiger partial charge >= 0.3 is 0 Å². The summed E-state index contributed by atoms with van der Waals surface area (Å²) in [7, 11) is 6.24. The van der Waals surface area contributed by atoms with Gasteiger partial charge in [-0.2, -0.15) is 0 Å². The van der Waals surface area contributed by atoms with Crippen molar-refractivity contribution < 1.29 is 5.11 Å². The number of phenols is 1. The zero-order valence-corrected chi connectivity index (χ0v) is 13.2. The van der Waals surface area contributed by atoms with Crippen molar-refractivity contribution in [3.63, 3.8) is 0 Å². The van der Waals surface area contributed by atoms with E-state index in [1.807, 2.05) is 18.2 Å². The predicted molar refractivity (Wildman–Crippen MR) is 81.7 cm³/mol. The summed E-state index contributed by atoms with van der Waals surface area (Å²) < 4.78 is 0. The van der Waals surface area contributed by atoms with Gasteiger partial charge in [0.15, 0.2) is 0 Å². The van der Waals surface area contributed by atoms with Crippen molar-refractivity contribution in [1.29, 1.82) is 0 Å². The maximum absolute atomic E-state index is 10.4. The second kappa shape index (κ2) is 6.40. The first-order chi connectivity index (χ1) is 8.71. The topological polar surface area (TPSA) is 26.7 Å². The molecular formula is C16H28N2O. The van der Waals surface area contributed by atoms with Crippen molar-refractivity contribution in [3.05, 3.63) is 29.3 Å². The van der Waals surface area contributed by atoms with Crippen LogP contribution in [0.5, 0.6) is 5.75 Å². The van der Waals surface area contributed by atoms with Crippen LogP contribution in [-0.4, -0.2) is 49.1 Å². The molecule has 0 saturated carbocycles. The van der Waals surface area contributed by atoms with Crippen molar-refractivity contribution >= 4 is 0 Å². The molecule has 19 heavy (non-hydrogen) atoms. The summed E-state index contributed by atoms with van der Waals surface area (Å²) in [4.78, 5) is 4.41. The maximum atomic E-state index is 10.4. The highest BCUT2D eigenvalue weighted by molar-refractivity contribution is 5.43. The van der Waals surface area contributed by atoms with Gasteiger partial charge < -0.3 is 14.9 Å². The summed E-state index contributed by atoms with van der Waals surface area (Å²) in [6.07, 6.45) is 0. The minimum atomic E-state index is -0.0255. The van der Waals surface area contributed by atoms with Crippen LogP contribution in [0.25, 0.3) is 0 Å². The summed E-state index contributed by atoms with van der Waals surface area (Å²) in [5, 5.41) is 10.4. The van der Waals surface area contributed by atoms with Crippen LogP contribution in [0.3, 0.4) is 0 Å². The number of likely N-dealkylation sites (N-methyl/N-ethyl adjacent to an activating group) is 2. The lowest BCUT2D eigenvalue weighted by Crippen LogP contribution is -2.28. The van der Waals surface area contributed by atoms with Gasteiger partial charge in [0, 0.05) is 25.2 Å². The number of phenolic OH excluding ortho intramolecular Hbond substituents is 1. The van der Waals surface area contributed by atoms with E-state index in [2.05, 4.69) is 51.7 Å². The Balaban J connectivity index is 2.79. The fourth-order valence-corrected chi connectivity index (χ4v) is 2.06. The first-order valence-corrected chi connectivity index (χ1v) is 6.86. The molecule has 3 nitrogen and oxygen atoms in total. The Bertz CT molecular complexity index is 408. The molecule has 0 aliphatic heterocycles. The monoisotopic (exact) mass is 264 g/mol. The SMILES string of the molecule is CN(C)CCN(C)Cc1cccc(C(C)(C)C)c1O. The summed E-state index contributed by atoms with van der Waals surface area (Å²) in [6.45, 7) is 9.18. The van der Waals surface area contributed by atoms with Gasteiger partial charge in [-0.3, -0.25) is 0 Å². The Morgan fingerprint density at radius 1 is 1.05 bits per heavy atom. The second-order valence-electron chi connectivity index (χ2n) is 6.60. The maximum Gasteiger partial charge on any atom is 0.123 e. The summed E-state index contributed by atoms with van der Waals surface area (Å²) in [5.41, 5.74) is 2.00. The number of hydrogen-bond acceptors (Lipinski definition) is 3. The average molecular weight is 264 g/mol. The van der Waals surface area contributed by atoms with Crippen LogP contribution in [0.4, 0.5) is 0 Å². The Labute approximate surface area is 117 Å². The first kappa shape index (κ1) is 16.0. The highest BCUT2D eigenvalue weighted by Gasteiger charge is 2.19. The minimum absolute atomic E-state index is 0.0255. The van der Waals surface area contributed by atoms with Gasteiger partial charge in [0.1, 0.15) is 5.75 Å². The molecule has 1 aromatic rings. The van der Waals surface area contributed by atoms with Crippen molar-refractivity contribution in [2.24, 2.45) is 0 Å². The third kappa shape index (κ3) is 4.84. The lowest BCUT2D eigenvalue weighted by atomic mass is 9.85. The number of hydrogen-bond donors (Lipinski definition) is 1. The van der Waals surface area contributed by atoms with Crippen molar-refractivity contribution in [3.8, 4) is 5.75 Å². The molecule has 0 radical (unpaired) electrons. The lowest BCUT2D eigenvalue weighted by molar-refractivity contribution is 0.273. The summed E-state index contributed by atoms with van der Waals surface area (Å²) in [5.74, 6) is 0.451. The molecule has 0 aliphatic rings. The number of nitrogens with zero attached hydrogens (tertiary/aromatic N) is 2. The predicted octanol–water partition coefficient (Wildman–Crippen LogP) is 2.68. The Kier molecular flexibility index (Phi) is 5.39. The van der Waals surface area contributed by atoms with E-state index in [4.69, 9.17) is 0 Å². The molecule has 0 atom stereocenters. The third-order valence-corrected chi connectivity index (χ3v) is 3.30. The van der Waals surface area contributed by atoms with E-state index in [1.54, 1.807) is 0 Å². The molecule has 0 saturated heterocycles. The van der Waals surface area contributed by atoms with E-state index < -0.39 is 0 Å². The van der Waals surface area contributed by atoms with Gasteiger partial charge in [-0.25, -0.2) is 0 Å². The van der Waals surface area contributed by atoms with Crippen LogP contribution in [0.1, 0.15) is 31.9 Å². The quantitative estimate of drug-likeness (QED) is 0.886. The molecule has 0 amide bonds. The van der Waals surface area contributed by atoms with Gasteiger partial charge in [0.25, 0.3) is 0 Å². The fraction of sp³-hybridized carbons (Fsp3) is 0.625. The minimum Gasteiger partial charge on any atom is -0.507 e. The molecule has 0 fully saturated rings. The zero-order chi connectivity index (χ0) is 14.6. The molecule has 1 aromatic carbocycles. The van der Waals surface area contributed by atoms with Crippen LogP contribution >= 0.6 is 0 Å². The molecule has 0 aromatic heterocycles. The molecular weight excluding hydrogens is 236 g/mol. The van der Waals surface area contributed by atoms with E-state index >= 15 is 0 Å². The molecule has 0 spiro atoms. The summed E-state index contributed by atoms with van der Waals surface area (Å²) >= 11 is 0. The average Bonchev–Trinajstić information content (AvgIpc) is 2.27. The van der Waals surface area contributed by atoms with Gasteiger partial charge in [0.2, 0.25) is 0 Å². The molecule has 0 aliphatic carbocycles. The number of aromatic hydroxyl groups is 1. The van der Waals surface area contributed by atoms with Crippen molar-refractivity contribution in [2.75, 3.05) is 34.2 Å². The van der Waals surface area contributed by atoms with E-state index in [0.717, 1.165) is 30.8 Å². The largest absolute Gasteiger partial charge is 0.507 e. The highest BCUT2D eigenvalue weighted by Crippen LogP contribution is 2.33. The molecule has 0 heterocycles. The van der Waals surface area contributed by atoms with Gasteiger partial charge in [-0.1, -0.05) is 39.0 Å². The molecule has 3 heteroatoms. The number of benzene rings is 1. The van der Waals surface area contributed by atoms with Crippen LogP contribution in [0.2, 0.25) is 0 Å². The smallest absolute Gasteiger partial charge is 0.123 e. The molecule has 1 N–H and O–H groups in total. The fourth-order valence-electron chi connectivity index (χ4n) is 2.06. The standard InChI is InChI=1S/C16H28N2O/c1-16(2,3)14-9-7-8-13(15(14)19)12-18(6)11-10-17(4)5/h7-9,19H,10-12H2,1-6H3. The van der Waals surface area contributed by atoms with Crippen LogP contribution in [0.15, 0.2) is 18.2 Å². The van der Waals surface area contributed by atoms with Gasteiger partial charge in [0.05, 0.1) is 0 Å². The molecule has 1 rings (SSSR count). The van der Waals surface area contributed by atoms with Crippen LogP contribution in [-0.2, 0) is 12.0 Å². The normalized spacial score (nSPS) is 12.4. The Morgan fingerprint density at radius 3 is 2.21 bits per heavy atom. The van der Waals surface area contributed by atoms with Crippen LogP contribution in [0, 0.1) is 0 Å². The van der Waals surface area contributed by atoms with Crippen molar-refractivity contribution in [1.82, 2.24) is 9.80 Å². The third-order valence-electron chi connectivity index (χ3n) is 3.30. The van der Waals surface area contributed by atoms with E-state index in [-0.39, 0.29) is 5.41 Å². The second-order valence-corrected chi connectivity index (χ2v) is 6.60. The Hall–Kier alpha value is -1.06. The van der Waals surface area contributed by atoms with E-state index in [0.29, 0.717) is 5.75 Å². The van der Waals surface area contributed by atoms with E-state index in [1.165, 1.54) is 0 Å². The lowest BCUT2D eigenvalue weighted by Gasteiger charge is -2.24. The van der Waals surface area contributed by atoms with Gasteiger partial charge in [-0.15, -0.1) is 0 Å². The molecule has 108 valence electrons. The van der Waals surface area contributed by atoms with Gasteiger partial charge in [-0.05, 0) is 32.1 Å². The van der Waals surface area contributed by atoms with Crippen molar-refractivity contribution in [2.45, 2.75) is 32.7 Å². The van der Waals surface area contributed by atoms with E-state index in [9.17, 15) is 5.11 Å². The Morgan fingerprint density at radius 2 is 1.68 bits per heavy atom. The van der Waals surface area contributed by atoms with Crippen LogP contribution < -0.4 is 0 Å². The first-order valence-electron chi connectivity index (χ1n) is 6.86. The highest BCUT2D eigenvalue weighted by atomic mass is 16.3. The number of para-hydroxylation sites is 1. The molecule has 0 bridgehead atoms. The summed E-state index contributed by atoms with van der Waals surface area (Å²) in [6, 6.07) is 6.06. The number of rotatable bonds is 5.